The number of ether oxygens (including phenoxy) is 1. The van der Waals surface area contributed by atoms with E-state index >= 15 is 0 Å². The molecule has 1 aliphatic heterocycles. The van der Waals surface area contributed by atoms with Crippen molar-refractivity contribution in [1.82, 2.24) is 10.2 Å². The summed E-state index contributed by atoms with van der Waals surface area (Å²) < 4.78 is 5.76. The molecule has 0 unspecified atom stereocenters. The zero-order valence-corrected chi connectivity index (χ0v) is 15.6. The quantitative estimate of drug-likeness (QED) is 0.470. The Bertz CT molecular complexity index is 781. The lowest BCUT2D eigenvalue weighted by Crippen LogP contribution is -2.42. The average molecular weight is 368 g/mol. The first-order valence-corrected chi connectivity index (χ1v) is 9.46. The van der Waals surface area contributed by atoms with Crippen LogP contribution in [0.1, 0.15) is 17.5 Å². The molecule has 1 heterocycles. The topological polar surface area (TPSA) is 75.7 Å². The van der Waals surface area contributed by atoms with E-state index in [2.05, 4.69) is 5.32 Å². The molecule has 2 aliphatic carbocycles. The number of nitrogens with one attached hydrogen (secondary N) is 1. The van der Waals surface area contributed by atoms with Crippen LogP contribution in [0.5, 0.6) is 5.75 Å². The standard InChI is InChI=1S/C21H24N2O4/c1-12-4-3-5-13(2)19(12)27-9-8-22-16(24)11-23-20(25)17-14-6-7-15(10-14)18(17)21(23)26/h3-7,14-15,17-18H,8-11H2,1-2H3,(H,22,24)/t14-,15-,17-,18-/m0/s1. The van der Waals surface area contributed by atoms with E-state index in [1.54, 1.807) is 0 Å². The molecule has 0 radical (unpaired) electrons. The van der Waals surface area contributed by atoms with Crippen molar-refractivity contribution in [2.24, 2.45) is 23.7 Å². The van der Waals surface area contributed by atoms with Crippen LogP contribution in [-0.4, -0.2) is 42.3 Å². The summed E-state index contributed by atoms with van der Waals surface area (Å²) in [5, 5.41) is 2.74. The smallest absolute Gasteiger partial charge is 0.240 e. The largest absolute Gasteiger partial charge is 0.491 e. The van der Waals surface area contributed by atoms with Crippen molar-refractivity contribution in [3.05, 3.63) is 41.5 Å². The van der Waals surface area contributed by atoms with Gasteiger partial charge in [0.25, 0.3) is 0 Å². The third-order valence-electron chi connectivity index (χ3n) is 5.94. The number of allylic oxidation sites excluding steroid dienone is 2. The van der Waals surface area contributed by atoms with Crippen molar-refractivity contribution in [3.63, 3.8) is 0 Å². The molecule has 2 fully saturated rings. The van der Waals surface area contributed by atoms with Crippen molar-refractivity contribution in [2.75, 3.05) is 19.7 Å². The Kier molecular flexibility index (Phi) is 4.50. The zero-order chi connectivity index (χ0) is 19.1. The summed E-state index contributed by atoms with van der Waals surface area (Å²) in [6.07, 6.45) is 4.99. The number of carbonyl (C=O) groups excluding carboxylic acids is 3. The summed E-state index contributed by atoms with van der Waals surface area (Å²) in [5.74, 6) is -0.0760. The fourth-order valence-corrected chi connectivity index (χ4v) is 4.69. The van der Waals surface area contributed by atoms with Crippen LogP contribution in [0.25, 0.3) is 0 Å². The fourth-order valence-electron chi connectivity index (χ4n) is 4.69. The number of fused-ring (bicyclic) bond motifs is 5. The van der Waals surface area contributed by atoms with Crippen LogP contribution in [0.3, 0.4) is 0 Å². The van der Waals surface area contributed by atoms with Crippen LogP contribution in [0, 0.1) is 37.5 Å². The minimum absolute atomic E-state index is 0.162. The number of hydrogen-bond acceptors (Lipinski definition) is 4. The molecule has 6 nitrogen and oxygen atoms in total. The first-order valence-electron chi connectivity index (χ1n) is 9.46. The molecule has 1 saturated carbocycles. The SMILES string of the molecule is Cc1cccc(C)c1OCCNC(=O)CN1C(=O)[C@@H]2[C@@H](C1=O)[C@H]1C=C[C@H]2C1. The highest BCUT2D eigenvalue weighted by atomic mass is 16.5. The minimum Gasteiger partial charge on any atom is -0.491 e. The Labute approximate surface area is 158 Å². The second kappa shape index (κ2) is 6.83. The van der Waals surface area contributed by atoms with Crippen LogP contribution in [0.4, 0.5) is 0 Å². The summed E-state index contributed by atoms with van der Waals surface area (Å²) in [5.41, 5.74) is 2.09. The minimum atomic E-state index is -0.331. The van der Waals surface area contributed by atoms with Gasteiger partial charge in [-0.05, 0) is 43.2 Å². The number of hydrogen-bond donors (Lipinski definition) is 1. The number of likely N-dealkylation sites (tertiary alicyclic amines) is 1. The van der Waals surface area contributed by atoms with Gasteiger partial charge in [-0.2, -0.15) is 0 Å². The van der Waals surface area contributed by atoms with Gasteiger partial charge in [-0.3, -0.25) is 19.3 Å². The van der Waals surface area contributed by atoms with Crippen molar-refractivity contribution in [2.45, 2.75) is 20.3 Å². The number of benzene rings is 1. The normalized spacial score (nSPS) is 28.0. The lowest BCUT2D eigenvalue weighted by atomic mass is 9.85. The van der Waals surface area contributed by atoms with Crippen molar-refractivity contribution in [3.8, 4) is 5.75 Å². The summed E-state index contributed by atoms with van der Waals surface area (Å²) in [7, 11) is 0. The van der Waals surface area contributed by atoms with Gasteiger partial charge in [0.15, 0.2) is 0 Å². The van der Waals surface area contributed by atoms with Crippen molar-refractivity contribution >= 4 is 17.7 Å². The summed E-state index contributed by atoms with van der Waals surface area (Å²) in [4.78, 5) is 38.5. The second-order valence-corrected chi connectivity index (χ2v) is 7.68. The Balaban J connectivity index is 1.27. The zero-order valence-electron chi connectivity index (χ0n) is 15.6. The Hall–Kier alpha value is -2.63. The van der Waals surface area contributed by atoms with Crippen molar-refractivity contribution < 1.29 is 19.1 Å². The predicted molar refractivity (Wildman–Crippen MR) is 98.9 cm³/mol. The maximum atomic E-state index is 12.6. The van der Waals surface area contributed by atoms with Gasteiger partial charge in [-0.15, -0.1) is 0 Å². The monoisotopic (exact) mass is 368 g/mol. The van der Waals surface area contributed by atoms with Gasteiger partial charge in [0, 0.05) is 0 Å². The number of rotatable bonds is 6. The molecule has 27 heavy (non-hydrogen) atoms. The Morgan fingerprint density at radius 1 is 1.11 bits per heavy atom. The van der Waals surface area contributed by atoms with E-state index in [1.165, 1.54) is 0 Å². The molecular formula is C21H24N2O4. The molecule has 3 amide bonds. The van der Waals surface area contributed by atoms with Gasteiger partial charge >= 0.3 is 0 Å². The van der Waals surface area contributed by atoms with Crippen LogP contribution in [-0.2, 0) is 14.4 Å². The van der Waals surface area contributed by atoms with Crippen molar-refractivity contribution in [1.29, 1.82) is 0 Å². The number of carbonyl (C=O) groups is 3. The molecule has 4 rings (SSSR count). The van der Waals surface area contributed by atoms with E-state index in [1.807, 2.05) is 44.2 Å². The Morgan fingerprint density at radius 2 is 1.70 bits per heavy atom. The third kappa shape index (κ3) is 3.03. The number of nitrogens with zero attached hydrogens (tertiary/aromatic N) is 1. The molecule has 0 spiro atoms. The third-order valence-corrected chi connectivity index (χ3v) is 5.94. The van der Waals surface area contributed by atoms with E-state index < -0.39 is 0 Å². The van der Waals surface area contributed by atoms with Gasteiger partial charge in [0.05, 0.1) is 18.4 Å². The first kappa shape index (κ1) is 17.8. The molecule has 1 aromatic rings. The van der Waals surface area contributed by atoms with Gasteiger partial charge < -0.3 is 10.1 Å². The van der Waals surface area contributed by atoms with Crippen LogP contribution < -0.4 is 10.1 Å². The summed E-state index contributed by atoms with van der Waals surface area (Å²) >= 11 is 0. The predicted octanol–water partition coefficient (Wildman–Crippen LogP) is 1.61. The molecular weight excluding hydrogens is 344 g/mol. The van der Waals surface area contributed by atoms with Gasteiger partial charge in [0.1, 0.15) is 18.9 Å². The molecule has 1 aromatic carbocycles. The number of amides is 3. The average Bonchev–Trinajstić information content (AvgIpc) is 3.31. The van der Waals surface area contributed by atoms with Crippen LogP contribution in [0.15, 0.2) is 30.4 Å². The maximum Gasteiger partial charge on any atom is 0.240 e. The van der Waals surface area contributed by atoms with E-state index in [0.717, 1.165) is 28.2 Å². The molecule has 4 atom stereocenters. The number of para-hydroxylation sites is 1. The summed E-state index contributed by atoms with van der Waals surface area (Å²) in [6, 6.07) is 5.93. The maximum absolute atomic E-state index is 12.6. The molecule has 1 saturated heterocycles. The molecule has 2 bridgehead atoms. The molecule has 3 aliphatic rings. The van der Waals surface area contributed by atoms with Crippen LogP contribution in [0.2, 0.25) is 0 Å². The second-order valence-electron chi connectivity index (χ2n) is 7.68. The summed E-state index contributed by atoms with van der Waals surface area (Å²) in [6.45, 7) is 4.41. The fraction of sp³-hybridized carbons (Fsp3) is 0.476. The van der Waals surface area contributed by atoms with Crippen LogP contribution >= 0.6 is 0 Å². The van der Waals surface area contributed by atoms with Gasteiger partial charge in [-0.25, -0.2) is 0 Å². The molecule has 0 aromatic heterocycles. The molecule has 1 N–H and O–H groups in total. The Morgan fingerprint density at radius 3 is 2.30 bits per heavy atom. The highest BCUT2D eigenvalue weighted by Gasteiger charge is 2.59. The van der Waals surface area contributed by atoms with E-state index in [9.17, 15) is 14.4 Å². The lowest BCUT2D eigenvalue weighted by Gasteiger charge is -2.17. The van der Waals surface area contributed by atoms with Gasteiger partial charge in [-0.1, -0.05) is 30.4 Å². The van der Waals surface area contributed by atoms with E-state index in [-0.39, 0.29) is 47.9 Å². The van der Waals surface area contributed by atoms with Gasteiger partial charge in [0.2, 0.25) is 17.7 Å². The lowest BCUT2D eigenvalue weighted by molar-refractivity contribution is -0.144. The first-order chi connectivity index (χ1) is 13.0. The van der Waals surface area contributed by atoms with E-state index in [4.69, 9.17) is 4.74 Å². The molecule has 6 heteroatoms. The number of imide groups is 1. The highest BCUT2D eigenvalue weighted by molar-refractivity contribution is 6.08. The molecule has 142 valence electrons. The number of aryl methyl sites for hydroxylation is 2. The van der Waals surface area contributed by atoms with E-state index in [0.29, 0.717) is 13.2 Å². The highest BCUT2D eigenvalue weighted by Crippen LogP contribution is 2.52.